The van der Waals surface area contributed by atoms with E-state index in [1.54, 1.807) is 0 Å². The molecule has 0 aromatic heterocycles. The third kappa shape index (κ3) is 3.64. The first kappa shape index (κ1) is 14.7. The summed E-state index contributed by atoms with van der Waals surface area (Å²) in [6.45, 7) is 0. The number of carbonyl (C=O) groups excluding carboxylic acids is 1. The van der Waals surface area contributed by atoms with Crippen molar-refractivity contribution in [3.63, 3.8) is 0 Å². The molecule has 4 N–H and O–H groups in total. The van der Waals surface area contributed by atoms with Gasteiger partial charge in [0, 0.05) is 16.7 Å². The molecule has 0 unspecified atom stereocenters. The maximum Gasteiger partial charge on any atom is 0.275 e. The molecule has 0 aliphatic rings. The van der Waals surface area contributed by atoms with Crippen molar-refractivity contribution in [2.75, 3.05) is 0 Å². The molecule has 0 fully saturated rings. The van der Waals surface area contributed by atoms with E-state index in [9.17, 15) is 15.0 Å². The zero-order valence-electron chi connectivity index (χ0n) is 10.6. The van der Waals surface area contributed by atoms with Crippen LogP contribution in [0.3, 0.4) is 0 Å². The SMILES string of the molecule is O=C(NN=Cc1ccc(O)cc1O)c1cc(Cl)ccc1O. The molecule has 6 nitrogen and oxygen atoms in total. The average Bonchev–Trinajstić information content (AvgIpc) is 2.43. The number of nitrogens with zero attached hydrogens (tertiary/aromatic N) is 1. The van der Waals surface area contributed by atoms with E-state index < -0.39 is 5.91 Å². The average molecular weight is 307 g/mol. The summed E-state index contributed by atoms with van der Waals surface area (Å²) >= 11 is 5.74. The number of halogens is 1. The largest absolute Gasteiger partial charge is 0.508 e. The van der Waals surface area contributed by atoms with Crippen LogP contribution in [-0.2, 0) is 0 Å². The summed E-state index contributed by atoms with van der Waals surface area (Å²) in [5, 5.41) is 32.2. The Hall–Kier alpha value is -2.73. The van der Waals surface area contributed by atoms with Crippen molar-refractivity contribution < 1.29 is 20.1 Å². The maximum atomic E-state index is 11.8. The highest BCUT2D eigenvalue weighted by atomic mass is 35.5. The van der Waals surface area contributed by atoms with E-state index in [0.717, 1.165) is 6.07 Å². The van der Waals surface area contributed by atoms with Gasteiger partial charge in [0.2, 0.25) is 0 Å². The summed E-state index contributed by atoms with van der Waals surface area (Å²) < 4.78 is 0. The molecule has 0 saturated carbocycles. The Kier molecular flexibility index (Phi) is 4.30. The molecule has 21 heavy (non-hydrogen) atoms. The van der Waals surface area contributed by atoms with Crippen LogP contribution in [0.15, 0.2) is 41.5 Å². The number of phenolic OH excluding ortho intramolecular Hbond substituents is 3. The standard InChI is InChI=1S/C14H11ClN2O4/c15-9-2-4-12(19)11(5-9)14(21)17-16-7-8-1-3-10(18)6-13(8)20/h1-7,18-20H,(H,17,21). The maximum absolute atomic E-state index is 11.8. The van der Waals surface area contributed by atoms with Gasteiger partial charge in [-0.25, -0.2) is 5.43 Å². The van der Waals surface area contributed by atoms with E-state index >= 15 is 0 Å². The van der Waals surface area contributed by atoms with Gasteiger partial charge in [0.25, 0.3) is 5.91 Å². The molecule has 108 valence electrons. The first-order valence-corrected chi connectivity index (χ1v) is 6.19. The van der Waals surface area contributed by atoms with Gasteiger partial charge >= 0.3 is 0 Å². The summed E-state index contributed by atoms with van der Waals surface area (Å²) in [4.78, 5) is 11.8. The van der Waals surface area contributed by atoms with Crippen LogP contribution < -0.4 is 5.43 Å². The lowest BCUT2D eigenvalue weighted by Gasteiger charge is -2.03. The van der Waals surface area contributed by atoms with Crippen LogP contribution in [0.1, 0.15) is 15.9 Å². The molecule has 2 rings (SSSR count). The molecular formula is C14H11ClN2O4. The van der Waals surface area contributed by atoms with Crippen molar-refractivity contribution in [2.45, 2.75) is 0 Å². The topological polar surface area (TPSA) is 102 Å². The number of hydrogen-bond acceptors (Lipinski definition) is 5. The monoisotopic (exact) mass is 306 g/mol. The van der Waals surface area contributed by atoms with Gasteiger partial charge in [0.1, 0.15) is 17.2 Å². The number of hydrazone groups is 1. The molecule has 1 amide bonds. The summed E-state index contributed by atoms with van der Waals surface area (Å²) in [7, 11) is 0. The van der Waals surface area contributed by atoms with Gasteiger partial charge < -0.3 is 15.3 Å². The minimum Gasteiger partial charge on any atom is -0.508 e. The molecule has 2 aromatic rings. The first-order valence-electron chi connectivity index (χ1n) is 5.81. The molecule has 0 aliphatic carbocycles. The molecule has 0 radical (unpaired) electrons. The smallest absolute Gasteiger partial charge is 0.275 e. The van der Waals surface area contributed by atoms with E-state index in [1.807, 2.05) is 0 Å². The summed E-state index contributed by atoms with van der Waals surface area (Å²) in [6, 6.07) is 7.99. The van der Waals surface area contributed by atoms with E-state index in [1.165, 1.54) is 36.5 Å². The van der Waals surface area contributed by atoms with Crippen LogP contribution in [0.2, 0.25) is 5.02 Å². The number of aromatic hydroxyl groups is 3. The second-order valence-electron chi connectivity index (χ2n) is 4.10. The molecule has 2 aromatic carbocycles. The van der Waals surface area contributed by atoms with Crippen LogP contribution in [0, 0.1) is 0 Å². The van der Waals surface area contributed by atoms with E-state index in [2.05, 4.69) is 10.5 Å². The fraction of sp³-hybridized carbons (Fsp3) is 0. The molecule has 0 heterocycles. The number of amides is 1. The lowest BCUT2D eigenvalue weighted by Crippen LogP contribution is -2.17. The van der Waals surface area contributed by atoms with E-state index in [0.29, 0.717) is 10.6 Å². The Morgan fingerprint density at radius 1 is 1.10 bits per heavy atom. The Morgan fingerprint density at radius 2 is 1.86 bits per heavy atom. The molecule has 0 atom stereocenters. The van der Waals surface area contributed by atoms with Crippen LogP contribution in [0.5, 0.6) is 17.2 Å². The number of rotatable bonds is 3. The number of carbonyl (C=O) groups is 1. The number of nitrogens with one attached hydrogen (secondary N) is 1. The van der Waals surface area contributed by atoms with Gasteiger partial charge in [-0.2, -0.15) is 5.10 Å². The van der Waals surface area contributed by atoms with Crippen LogP contribution in [0.25, 0.3) is 0 Å². The minimum atomic E-state index is -0.649. The third-order valence-corrected chi connectivity index (χ3v) is 2.82. The minimum absolute atomic E-state index is 0.0189. The van der Waals surface area contributed by atoms with E-state index in [4.69, 9.17) is 16.7 Å². The van der Waals surface area contributed by atoms with E-state index in [-0.39, 0.29) is 22.8 Å². The Morgan fingerprint density at radius 3 is 2.57 bits per heavy atom. The number of benzene rings is 2. The molecule has 0 bridgehead atoms. The number of hydrogen-bond donors (Lipinski definition) is 4. The highest BCUT2D eigenvalue weighted by Crippen LogP contribution is 2.22. The van der Waals surface area contributed by atoms with Gasteiger partial charge in [0.05, 0.1) is 11.8 Å². The molecular weight excluding hydrogens is 296 g/mol. The quantitative estimate of drug-likeness (QED) is 0.516. The predicted octanol–water partition coefficient (Wildman–Crippen LogP) is 2.22. The fourth-order valence-electron chi connectivity index (χ4n) is 1.55. The summed E-state index contributed by atoms with van der Waals surface area (Å²) in [5.41, 5.74) is 2.49. The fourth-order valence-corrected chi connectivity index (χ4v) is 1.72. The molecule has 0 aliphatic heterocycles. The zero-order chi connectivity index (χ0) is 15.4. The van der Waals surface area contributed by atoms with Crippen molar-refractivity contribution in [3.05, 3.63) is 52.5 Å². The normalized spacial score (nSPS) is 10.7. The van der Waals surface area contributed by atoms with Crippen molar-refractivity contribution in [1.82, 2.24) is 5.43 Å². The van der Waals surface area contributed by atoms with Crippen LogP contribution in [-0.4, -0.2) is 27.4 Å². The van der Waals surface area contributed by atoms with Crippen LogP contribution >= 0.6 is 11.6 Å². The van der Waals surface area contributed by atoms with Crippen molar-refractivity contribution >= 4 is 23.7 Å². The third-order valence-electron chi connectivity index (χ3n) is 2.59. The second kappa shape index (κ2) is 6.15. The Labute approximate surface area is 124 Å². The lowest BCUT2D eigenvalue weighted by molar-refractivity contribution is 0.0952. The highest BCUT2D eigenvalue weighted by Gasteiger charge is 2.10. The predicted molar refractivity (Wildman–Crippen MR) is 77.9 cm³/mol. The van der Waals surface area contributed by atoms with Gasteiger partial charge in [0.15, 0.2) is 0 Å². The van der Waals surface area contributed by atoms with Crippen molar-refractivity contribution in [1.29, 1.82) is 0 Å². The Bertz CT molecular complexity index is 716. The van der Waals surface area contributed by atoms with Crippen molar-refractivity contribution in [3.8, 4) is 17.2 Å². The molecule has 0 spiro atoms. The number of phenols is 3. The van der Waals surface area contributed by atoms with Crippen molar-refractivity contribution in [2.24, 2.45) is 5.10 Å². The Balaban J connectivity index is 2.10. The summed E-state index contributed by atoms with van der Waals surface area (Å²) in [5.74, 6) is -1.14. The first-order chi connectivity index (χ1) is 9.97. The zero-order valence-corrected chi connectivity index (χ0v) is 11.4. The van der Waals surface area contributed by atoms with Gasteiger partial charge in [-0.15, -0.1) is 0 Å². The van der Waals surface area contributed by atoms with Crippen LogP contribution in [0.4, 0.5) is 0 Å². The lowest BCUT2D eigenvalue weighted by atomic mass is 10.2. The van der Waals surface area contributed by atoms with Gasteiger partial charge in [-0.05, 0) is 30.3 Å². The summed E-state index contributed by atoms with van der Waals surface area (Å²) in [6.07, 6.45) is 1.20. The molecule has 7 heteroatoms. The second-order valence-corrected chi connectivity index (χ2v) is 4.54. The van der Waals surface area contributed by atoms with Gasteiger partial charge in [-0.1, -0.05) is 11.6 Å². The van der Waals surface area contributed by atoms with Gasteiger partial charge in [-0.3, -0.25) is 4.79 Å². The highest BCUT2D eigenvalue weighted by molar-refractivity contribution is 6.31. The molecule has 0 saturated heterocycles.